The molecule has 2 aromatic carbocycles. The fourth-order valence-electron chi connectivity index (χ4n) is 2.40. The van der Waals surface area contributed by atoms with Gasteiger partial charge in [0, 0.05) is 5.56 Å². The van der Waals surface area contributed by atoms with Gasteiger partial charge >= 0.3 is 0 Å². The van der Waals surface area contributed by atoms with E-state index in [4.69, 9.17) is 13.6 Å². The minimum atomic E-state index is -1.86. The molecule has 0 bridgehead atoms. The maximum atomic E-state index is 6.18. The van der Waals surface area contributed by atoms with Crippen molar-refractivity contribution in [3.05, 3.63) is 54.6 Å². The number of fused-ring (bicyclic) bond motifs is 1. The highest BCUT2D eigenvalue weighted by molar-refractivity contribution is 6.74. The van der Waals surface area contributed by atoms with E-state index in [0.717, 1.165) is 28.0 Å². The van der Waals surface area contributed by atoms with Crippen LogP contribution in [0.15, 0.2) is 59.0 Å². The molecule has 0 amide bonds. The van der Waals surface area contributed by atoms with Crippen LogP contribution in [0.4, 0.5) is 0 Å². The van der Waals surface area contributed by atoms with Crippen LogP contribution >= 0.6 is 0 Å². The van der Waals surface area contributed by atoms with Crippen LogP contribution < -0.4 is 4.74 Å². The Morgan fingerprint density at radius 3 is 2.24 bits per heavy atom. The van der Waals surface area contributed by atoms with Crippen molar-refractivity contribution in [3.63, 3.8) is 0 Å². The molecule has 0 unspecified atom stereocenters. The van der Waals surface area contributed by atoms with Gasteiger partial charge in [-0.05, 0) is 30.3 Å². The topological polar surface area (TPSA) is 31.6 Å². The number of rotatable bonds is 5. The monoisotopic (exact) mass is 354 g/mol. The van der Waals surface area contributed by atoms with Gasteiger partial charge in [0.2, 0.25) is 0 Å². The van der Waals surface area contributed by atoms with Crippen molar-refractivity contribution < 1.29 is 13.6 Å². The SMILES string of the molecule is CC(C)(C)[Si](C)(C)OCOc1c(-c2ccccc2)oc2ccccc12. The largest absolute Gasteiger partial charge is 0.464 e. The zero-order valence-electron chi connectivity index (χ0n) is 15.6. The molecule has 0 saturated heterocycles. The Balaban J connectivity index is 1.90. The van der Waals surface area contributed by atoms with Crippen molar-refractivity contribution in [2.75, 3.05) is 6.79 Å². The highest BCUT2D eigenvalue weighted by Crippen LogP contribution is 2.41. The van der Waals surface area contributed by atoms with E-state index < -0.39 is 8.32 Å². The summed E-state index contributed by atoms with van der Waals surface area (Å²) < 4.78 is 18.3. The Labute approximate surface area is 150 Å². The zero-order valence-corrected chi connectivity index (χ0v) is 16.6. The number of ether oxygens (including phenoxy) is 1. The maximum absolute atomic E-state index is 6.18. The van der Waals surface area contributed by atoms with Gasteiger partial charge in [-0.3, -0.25) is 0 Å². The predicted molar refractivity (Wildman–Crippen MR) is 105 cm³/mol. The molecule has 0 atom stereocenters. The maximum Gasteiger partial charge on any atom is 0.196 e. The number of para-hydroxylation sites is 1. The van der Waals surface area contributed by atoms with E-state index in [9.17, 15) is 0 Å². The molecule has 0 aliphatic rings. The minimum Gasteiger partial charge on any atom is -0.464 e. The summed E-state index contributed by atoms with van der Waals surface area (Å²) in [6, 6.07) is 18.0. The average molecular weight is 355 g/mol. The van der Waals surface area contributed by atoms with E-state index in [1.165, 1.54) is 0 Å². The van der Waals surface area contributed by atoms with Gasteiger partial charge in [0.05, 0.1) is 5.39 Å². The summed E-state index contributed by atoms with van der Waals surface area (Å²) in [6.07, 6.45) is 0. The first-order chi connectivity index (χ1) is 11.8. The number of benzene rings is 2. The fourth-order valence-corrected chi connectivity index (χ4v) is 3.18. The normalized spacial score (nSPS) is 12.5. The van der Waals surface area contributed by atoms with Gasteiger partial charge in [-0.2, -0.15) is 0 Å². The van der Waals surface area contributed by atoms with E-state index in [0.29, 0.717) is 0 Å². The molecular weight excluding hydrogens is 328 g/mol. The lowest BCUT2D eigenvalue weighted by molar-refractivity contribution is 0.107. The van der Waals surface area contributed by atoms with Crippen molar-refractivity contribution in [2.24, 2.45) is 0 Å². The minimum absolute atomic E-state index is 0.150. The first-order valence-corrected chi connectivity index (χ1v) is 11.5. The number of hydrogen-bond acceptors (Lipinski definition) is 3. The fraction of sp³-hybridized carbons (Fsp3) is 0.333. The molecule has 0 aliphatic heterocycles. The molecule has 1 heterocycles. The molecule has 1 aromatic heterocycles. The highest BCUT2D eigenvalue weighted by Gasteiger charge is 2.37. The van der Waals surface area contributed by atoms with Gasteiger partial charge in [-0.15, -0.1) is 0 Å². The van der Waals surface area contributed by atoms with Gasteiger partial charge in [0.15, 0.2) is 26.6 Å². The third-order valence-corrected chi connectivity index (χ3v) is 9.47. The van der Waals surface area contributed by atoms with E-state index in [-0.39, 0.29) is 11.8 Å². The molecular formula is C21H26O3Si. The molecule has 0 N–H and O–H groups in total. The molecule has 0 aliphatic carbocycles. The summed E-state index contributed by atoms with van der Waals surface area (Å²) in [5, 5.41) is 1.12. The Morgan fingerprint density at radius 1 is 0.920 bits per heavy atom. The van der Waals surface area contributed by atoms with Crippen molar-refractivity contribution in [3.8, 4) is 17.1 Å². The summed E-state index contributed by atoms with van der Waals surface area (Å²) in [5.74, 6) is 1.50. The lowest BCUT2D eigenvalue weighted by Crippen LogP contribution is -2.41. The van der Waals surface area contributed by atoms with Crippen molar-refractivity contribution in [1.29, 1.82) is 0 Å². The Bertz CT molecular complexity index is 844. The lowest BCUT2D eigenvalue weighted by Gasteiger charge is -2.35. The molecule has 25 heavy (non-hydrogen) atoms. The van der Waals surface area contributed by atoms with Crippen LogP contribution in [0.1, 0.15) is 20.8 Å². The molecule has 4 heteroatoms. The first kappa shape index (κ1) is 17.8. The molecule has 3 aromatic rings. The molecule has 0 saturated carbocycles. The van der Waals surface area contributed by atoms with Gasteiger partial charge in [0.25, 0.3) is 0 Å². The number of furan rings is 1. The second-order valence-corrected chi connectivity index (χ2v) is 12.6. The first-order valence-electron chi connectivity index (χ1n) is 8.63. The Morgan fingerprint density at radius 2 is 1.56 bits per heavy atom. The molecule has 0 spiro atoms. The summed E-state index contributed by atoms with van der Waals surface area (Å²) in [4.78, 5) is 0. The van der Waals surface area contributed by atoms with Crippen LogP contribution in [0.5, 0.6) is 5.75 Å². The molecule has 132 valence electrons. The standard InChI is InChI=1S/C21H26O3Si/c1-21(2,3)25(4,5)23-15-22-20-17-13-9-10-14-18(17)24-19(20)16-11-7-6-8-12-16/h6-14H,15H2,1-5H3. The third-order valence-electron chi connectivity index (χ3n) is 5.02. The van der Waals surface area contributed by atoms with E-state index in [2.05, 4.69) is 33.9 Å². The Kier molecular flexibility index (Phi) is 4.76. The summed E-state index contributed by atoms with van der Waals surface area (Å²) in [5.41, 5.74) is 1.82. The predicted octanol–water partition coefficient (Wildman–Crippen LogP) is 6.46. The highest BCUT2D eigenvalue weighted by atomic mass is 28.4. The van der Waals surface area contributed by atoms with Crippen LogP contribution in [0.25, 0.3) is 22.3 Å². The zero-order chi connectivity index (χ0) is 18.1. The molecule has 0 radical (unpaired) electrons. The van der Waals surface area contributed by atoms with Crippen LogP contribution in [-0.2, 0) is 4.43 Å². The van der Waals surface area contributed by atoms with Gasteiger partial charge in [-0.25, -0.2) is 0 Å². The second-order valence-electron chi connectivity index (χ2n) is 7.79. The summed E-state index contributed by atoms with van der Waals surface area (Å²) in [7, 11) is -1.86. The molecule has 0 fully saturated rings. The van der Waals surface area contributed by atoms with Crippen molar-refractivity contribution >= 4 is 19.3 Å². The van der Waals surface area contributed by atoms with E-state index in [1.807, 2.05) is 54.6 Å². The smallest absolute Gasteiger partial charge is 0.196 e. The second kappa shape index (κ2) is 6.69. The summed E-state index contributed by atoms with van der Waals surface area (Å²) in [6.45, 7) is 11.4. The van der Waals surface area contributed by atoms with Crippen LogP contribution in [-0.4, -0.2) is 15.1 Å². The van der Waals surface area contributed by atoms with Crippen LogP contribution in [0.3, 0.4) is 0 Å². The van der Waals surface area contributed by atoms with Crippen molar-refractivity contribution in [1.82, 2.24) is 0 Å². The van der Waals surface area contributed by atoms with E-state index >= 15 is 0 Å². The van der Waals surface area contributed by atoms with Crippen LogP contribution in [0.2, 0.25) is 18.1 Å². The molecule has 3 nitrogen and oxygen atoms in total. The number of hydrogen-bond donors (Lipinski definition) is 0. The van der Waals surface area contributed by atoms with Gasteiger partial charge in [-0.1, -0.05) is 63.2 Å². The van der Waals surface area contributed by atoms with Gasteiger partial charge < -0.3 is 13.6 Å². The van der Waals surface area contributed by atoms with E-state index in [1.54, 1.807) is 0 Å². The van der Waals surface area contributed by atoms with Crippen LogP contribution in [0, 0.1) is 0 Å². The molecule has 3 rings (SSSR count). The van der Waals surface area contributed by atoms with Gasteiger partial charge in [0.1, 0.15) is 5.58 Å². The lowest BCUT2D eigenvalue weighted by atomic mass is 10.1. The average Bonchev–Trinajstić information content (AvgIpc) is 2.93. The third kappa shape index (κ3) is 3.65. The Hall–Kier alpha value is -2.04. The van der Waals surface area contributed by atoms with Crippen molar-refractivity contribution in [2.45, 2.75) is 38.9 Å². The summed E-state index contributed by atoms with van der Waals surface area (Å²) >= 11 is 0. The quantitative estimate of drug-likeness (QED) is 0.389.